The average molecular weight is 216 g/mol. The lowest BCUT2D eigenvalue weighted by molar-refractivity contribution is -0.165. The zero-order chi connectivity index (χ0) is 11.6. The van der Waals surface area contributed by atoms with E-state index in [0.717, 1.165) is 14.2 Å². The van der Waals surface area contributed by atoms with Gasteiger partial charge in [-0.05, 0) is 6.42 Å². The molecule has 1 aliphatic carbocycles. The van der Waals surface area contributed by atoms with Gasteiger partial charge in [0.05, 0.1) is 27.2 Å². The van der Waals surface area contributed by atoms with E-state index in [1.807, 2.05) is 0 Å². The van der Waals surface area contributed by atoms with Crippen molar-refractivity contribution in [3.05, 3.63) is 0 Å². The Hall–Kier alpha value is -1.59. The van der Waals surface area contributed by atoms with E-state index >= 15 is 0 Å². The summed E-state index contributed by atoms with van der Waals surface area (Å²) in [5.74, 6) is -2.91. The van der Waals surface area contributed by atoms with Gasteiger partial charge >= 0.3 is 17.9 Å². The van der Waals surface area contributed by atoms with Crippen LogP contribution in [0.25, 0.3) is 0 Å². The summed E-state index contributed by atoms with van der Waals surface area (Å²) in [4.78, 5) is 34.0. The molecule has 6 nitrogen and oxygen atoms in total. The largest absolute Gasteiger partial charge is 0.469 e. The highest BCUT2D eigenvalue weighted by molar-refractivity contribution is 6.08. The summed E-state index contributed by atoms with van der Waals surface area (Å²) in [6, 6.07) is 0. The first-order valence-corrected chi connectivity index (χ1v) is 4.29. The minimum Gasteiger partial charge on any atom is -0.469 e. The van der Waals surface area contributed by atoms with Crippen molar-refractivity contribution in [2.75, 3.05) is 21.3 Å². The maximum atomic E-state index is 11.4. The van der Waals surface area contributed by atoms with Crippen LogP contribution >= 0.6 is 0 Å². The van der Waals surface area contributed by atoms with Crippen LogP contribution in [-0.4, -0.2) is 39.2 Å². The van der Waals surface area contributed by atoms with Crippen LogP contribution in [0.4, 0.5) is 0 Å². The van der Waals surface area contributed by atoms with E-state index < -0.39 is 29.2 Å². The van der Waals surface area contributed by atoms with E-state index in [2.05, 4.69) is 14.2 Å². The Morgan fingerprint density at radius 3 is 1.80 bits per heavy atom. The molecule has 1 unspecified atom stereocenters. The highest BCUT2D eigenvalue weighted by Gasteiger charge is 2.71. The van der Waals surface area contributed by atoms with Crippen molar-refractivity contribution < 1.29 is 28.6 Å². The third kappa shape index (κ3) is 1.55. The number of carbonyl (C=O) groups excluding carboxylic acids is 3. The molecule has 0 aromatic rings. The summed E-state index contributed by atoms with van der Waals surface area (Å²) in [5.41, 5.74) is -1.49. The summed E-state index contributed by atoms with van der Waals surface area (Å²) in [5, 5.41) is 0. The second-order valence-corrected chi connectivity index (χ2v) is 3.23. The van der Waals surface area contributed by atoms with E-state index in [-0.39, 0.29) is 6.42 Å². The van der Waals surface area contributed by atoms with Crippen molar-refractivity contribution in [2.45, 2.75) is 6.42 Å². The molecule has 6 heteroatoms. The Labute approximate surface area is 86.5 Å². The monoisotopic (exact) mass is 216 g/mol. The third-order valence-electron chi connectivity index (χ3n) is 2.55. The highest BCUT2D eigenvalue weighted by atomic mass is 16.6. The van der Waals surface area contributed by atoms with E-state index in [0.29, 0.717) is 0 Å². The van der Waals surface area contributed by atoms with Crippen LogP contribution in [0.3, 0.4) is 0 Å². The predicted octanol–water partition coefficient (Wildman–Crippen LogP) is -0.488. The van der Waals surface area contributed by atoms with Gasteiger partial charge in [-0.1, -0.05) is 0 Å². The van der Waals surface area contributed by atoms with Crippen LogP contribution in [0.1, 0.15) is 6.42 Å². The number of hydrogen-bond donors (Lipinski definition) is 0. The molecule has 0 aromatic carbocycles. The lowest BCUT2D eigenvalue weighted by Crippen LogP contribution is -2.32. The van der Waals surface area contributed by atoms with Crippen LogP contribution in [0, 0.1) is 11.3 Å². The average Bonchev–Trinajstić information content (AvgIpc) is 3.02. The summed E-state index contributed by atoms with van der Waals surface area (Å²) < 4.78 is 13.4. The fraction of sp³-hybridized carbons (Fsp3) is 0.667. The third-order valence-corrected chi connectivity index (χ3v) is 2.55. The van der Waals surface area contributed by atoms with Gasteiger partial charge in [0.15, 0.2) is 5.41 Å². The molecule has 0 amide bonds. The number of esters is 3. The molecule has 0 N–H and O–H groups in total. The van der Waals surface area contributed by atoms with E-state index in [4.69, 9.17) is 0 Å². The first-order chi connectivity index (χ1) is 7.04. The molecule has 0 saturated heterocycles. The van der Waals surface area contributed by atoms with E-state index in [1.165, 1.54) is 7.11 Å². The summed E-state index contributed by atoms with van der Waals surface area (Å²) in [7, 11) is 3.50. The van der Waals surface area contributed by atoms with Crippen molar-refractivity contribution in [3.8, 4) is 0 Å². The van der Waals surface area contributed by atoms with Crippen LogP contribution < -0.4 is 0 Å². The number of methoxy groups -OCH3 is 3. The molecule has 15 heavy (non-hydrogen) atoms. The number of carbonyl (C=O) groups is 3. The molecular formula is C9H12O6. The minimum atomic E-state index is -1.49. The fourth-order valence-electron chi connectivity index (χ4n) is 1.59. The number of rotatable bonds is 3. The van der Waals surface area contributed by atoms with Gasteiger partial charge in [-0.15, -0.1) is 0 Å². The minimum absolute atomic E-state index is 0.0824. The quantitative estimate of drug-likeness (QED) is 0.360. The molecule has 0 aromatic heterocycles. The first kappa shape index (κ1) is 11.5. The van der Waals surface area contributed by atoms with Gasteiger partial charge < -0.3 is 14.2 Å². The molecule has 84 valence electrons. The highest BCUT2D eigenvalue weighted by Crippen LogP contribution is 2.54. The molecule has 0 aliphatic heterocycles. The van der Waals surface area contributed by atoms with Gasteiger partial charge in [-0.2, -0.15) is 0 Å². The lowest BCUT2D eigenvalue weighted by atomic mass is 10.0. The first-order valence-electron chi connectivity index (χ1n) is 4.29. The second-order valence-electron chi connectivity index (χ2n) is 3.23. The van der Waals surface area contributed by atoms with Gasteiger partial charge in [0.2, 0.25) is 0 Å². The predicted molar refractivity (Wildman–Crippen MR) is 46.6 cm³/mol. The van der Waals surface area contributed by atoms with Gasteiger partial charge in [0.25, 0.3) is 0 Å². The topological polar surface area (TPSA) is 78.9 Å². The summed E-state index contributed by atoms with van der Waals surface area (Å²) >= 11 is 0. The molecule has 1 fully saturated rings. The standard InChI is InChI=1S/C9H12O6/c1-13-6(10)5-4-9(5,7(11)14-2)8(12)15-3/h5H,4H2,1-3H3. The molecule has 1 rings (SSSR count). The van der Waals surface area contributed by atoms with Crippen molar-refractivity contribution >= 4 is 17.9 Å². The number of hydrogen-bond acceptors (Lipinski definition) is 6. The van der Waals surface area contributed by atoms with Crippen molar-refractivity contribution in [2.24, 2.45) is 11.3 Å². The number of ether oxygens (including phenoxy) is 3. The SMILES string of the molecule is COC(=O)C1CC1(C(=O)OC)C(=O)OC. The Morgan fingerprint density at radius 2 is 1.47 bits per heavy atom. The Balaban J connectivity index is 2.90. The van der Waals surface area contributed by atoms with Gasteiger partial charge in [0, 0.05) is 0 Å². The fourth-order valence-corrected chi connectivity index (χ4v) is 1.59. The van der Waals surface area contributed by atoms with Crippen LogP contribution in [0.2, 0.25) is 0 Å². The zero-order valence-electron chi connectivity index (χ0n) is 8.73. The Kier molecular flexibility index (Phi) is 2.97. The van der Waals surface area contributed by atoms with E-state index in [1.54, 1.807) is 0 Å². The van der Waals surface area contributed by atoms with Crippen molar-refractivity contribution in [1.29, 1.82) is 0 Å². The van der Waals surface area contributed by atoms with Gasteiger partial charge in [0.1, 0.15) is 0 Å². The molecule has 1 atom stereocenters. The Bertz CT molecular complexity index is 292. The molecule has 0 radical (unpaired) electrons. The molecule has 0 spiro atoms. The molecule has 0 bridgehead atoms. The second kappa shape index (κ2) is 3.88. The van der Waals surface area contributed by atoms with Gasteiger partial charge in [-0.3, -0.25) is 14.4 Å². The van der Waals surface area contributed by atoms with Crippen LogP contribution in [-0.2, 0) is 28.6 Å². The summed E-state index contributed by atoms with van der Waals surface area (Å²) in [6.45, 7) is 0. The normalized spacial score (nSPS) is 21.4. The molecule has 1 aliphatic rings. The smallest absolute Gasteiger partial charge is 0.324 e. The van der Waals surface area contributed by atoms with Crippen LogP contribution in [0.5, 0.6) is 0 Å². The van der Waals surface area contributed by atoms with Crippen molar-refractivity contribution in [1.82, 2.24) is 0 Å². The Morgan fingerprint density at radius 1 is 1.00 bits per heavy atom. The molecule has 0 heterocycles. The summed E-state index contributed by atoms with van der Waals surface area (Å²) in [6.07, 6.45) is 0.0824. The van der Waals surface area contributed by atoms with Crippen LogP contribution in [0.15, 0.2) is 0 Å². The maximum absolute atomic E-state index is 11.4. The van der Waals surface area contributed by atoms with E-state index in [9.17, 15) is 14.4 Å². The van der Waals surface area contributed by atoms with Gasteiger partial charge in [-0.25, -0.2) is 0 Å². The maximum Gasteiger partial charge on any atom is 0.324 e. The molecular weight excluding hydrogens is 204 g/mol. The van der Waals surface area contributed by atoms with Crippen molar-refractivity contribution in [3.63, 3.8) is 0 Å². The zero-order valence-corrected chi connectivity index (χ0v) is 8.73. The molecule has 1 saturated carbocycles. The lowest BCUT2D eigenvalue weighted by Gasteiger charge is -2.11.